The quantitative estimate of drug-likeness (QED) is 0.684. The van der Waals surface area contributed by atoms with Gasteiger partial charge < -0.3 is 10.6 Å². The molecule has 126 valence electrons. The second-order valence-corrected chi connectivity index (χ2v) is 6.27. The predicted molar refractivity (Wildman–Crippen MR) is 100 cm³/mol. The van der Waals surface area contributed by atoms with E-state index in [-0.39, 0.29) is 11.6 Å². The molecule has 1 amide bonds. The van der Waals surface area contributed by atoms with Crippen molar-refractivity contribution in [1.82, 2.24) is 15.2 Å². The van der Waals surface area contributed by atoms with Crippen LogP contribution in [-0.2, 0) is 6.54 Å². The Kier molecular flexibility index (Phi) is 5.35. The summed E-state index contributed by atoms with van der Waals surface area (Å²) in [6, 6.07) is 14.8. The minimum absolute atomic E-state index is 0.246. The number of aromatic nitrogens is 3. The Morgan fingerprint density at radius 1 is 1.12 bits per heavy atom. The van der Waals surface area contributed by atoms with Crippen LogP contribution < -0.4 is 10.6 Å². The first kappa shape index (κ1) is 17.0. The molecule has 3 rings (SSSR count). The zero-order valence-corrected chi connectivity index (χ0v) is 15.1. The highest BCUT2D eigenvalue weighted by Gasteiger charge is 2.10. The lowest BCUT2D eigenvalue weighted by Gasteiger charge is -2.08. The predicted octanol–water partition coefficient (Wildman–Crippen LogP) is 3.81. The van der Waals surface area contributed by atoms with E-state index in [1.165, 1.54) is 0 Å². The number of rotatable bonds is 5. The number of carbonyl (C=O) groups is 1. The Balaban J connectivity index is 1.62. The molecule has 0 fully saturated rings. The van der Waals surface area contributed by atoms with E-state index in [2.05, 4.69) is 41.7 Å². The van der Waals surface area contributed by atoms with Crippen LogP contribution in [0.2, 0.25) is 0 Å². The number of carbonyl (C=O) groups excluding carboxylic acids is 1. The highest BCUT2D eigenvalue weighted by Crippen LogP contribution is 2.23. The fourth-order valence-corrected chi connectivity index (χ4v) is 2.73. The molecule has 0 atom stereocenters. The average Bonchev–Trinajstić information content (AvgIpc) is 2.63. The Bertz CT molecular complexity index is 868. The summed E-state index contributed by atoms with van der Waals surface area (Å²) in [5.41, 5.74) is 2.94. The molecule has 0 aliphatic rings. The number of nitrogens with zero attached hydrogens (tertiary/aromatic N) is 3. The highest BCUT2D eigenvalue weighted by molar-refractivity contribution is 9.10. The third-order valence-electron chi connectivity index (χ3n) is 3.45. The van der Waals surface area contributed by atoms with Gasteiger partial charge in [-0.1, -0.05) is 12.1 Å². The van der Waals surface area contributed by atoms with Gasteiger partial charge in [0.15, 0.2) is 5.69 Å². The van der Waals surface area contributed by atoms with Gasteiger partial charge in [-0.2, -0.15) is 0 Å². The van der Waals surface area contributed by atoms with E-state index < -0.39 is 0 Å². The molecule has 0 bridgehead atoms. The van der Waals surface area contributed by atoms with Crippen molar-refractivity contribution in [2.45, 2.75) is 13.5 Å². The molecule has 1 aromatic carbocycles. The summed E-state index contributed by atoms with van der Waals surface area (Å²) in [6.45, 7) is 2.52. The van der Waals surface area contributed by atoms with Gasteiger partial charge in [-0.05, 0) is 64.8 Å². The lowest BCUT2D eigenvalue weighted by molar-refractivity contribution is 0.102. The van der Waals surface area contributed by atoms with Gasteiger partial charge in [0.25, 0.3) is 5.91 Å². The number of halogens is 1. The number of pyridine rings is 1. The Morgan fingerprint density at radius 2 is 2.00 bits per heavy atom. The van der Waals surface area contributed by atoms with Crippen LogP contribution in [0.25, 0.3) is 0 Å². The van der Waals surface area contributed by atoms with Crippen LogP contribution in [-0.4, -0.2) is 21.1 Å². The van der Waals surface area contributed by atoms with E-state index >= 15 is 0 Å². The van der Waals surface area contributed by atoms with Gasteiger partial charge in [0.05, 0.1) is 17.9 Å². The maximum Gasteiger partial charge on any atom is 0.276 e. The fraction of sp³-hybridized carbons (Fsp3) is 0.111. The monoisotopic (exact) mass is 397 g/mol. The zero-order chi connectivity index (χ0) is 17.6. The number of benzene rings is 1. The fourth-order valence-electron chi connectivity index (χ4n) is 2.14. The van der Waals surface area contributed by atoms with Crippen molar-refractivity contribution in [3.63, 3.8) is 0 Å². The van der Waals surface area contributed by atoms with Crippen LogP contribution in [0, 0.1) is 6.92 Å². The van der Waals surface area contributed by atoms with Gasteiger partial charge in [0.1, 0.15) is 5.82 Å². The van der Waals surface area contributed by atoms with Gasteiger partial charge in [0, 0.05) is 10.7 Å². The summed E-state index contributed by atoms with van der Waals surface area (Å²) in [5.74, 6) is 0.270. The second kappa shape index (κ2) is 7.85. The van der Waals surface area contributed by atoms with Gasteiger partial charge in [-0.25, -0.2) is 0 Å². The van der Waals surface area contributed by atoms with Crippen molar-refractivity contribution in [3.8, 4) is 0 Å². The average molecular weight is 398 g/mol. The molecule has 7 heteroatoms. The SMILES string of the molecule is Cc1ccc(NC(=O)c2ccc(NCc3ccccn3)nn2)c(Br)c1. The van der Waals surface area contributed by atoms with Crippen LogP contribution in [0.5, 0.6) is 0 Å². The largest absolute Gasteiger partial charge is 0.363 e. The minimum Gasteiger partial charge on any atom is -0.363 e. The molecular formula is C18H16BrN5O. The first-order valence-corrected chi connectivity index (χ1v) is 8.46. The molecule has 3 aromatic rings. The molecule has 2 N–H and O–H groups in total. The lowest BCUT2D eigenvalue weighted by atomic mass is 10.2. The second-order valence-electron chi connectivity index (χ2n) is 5.42. The molecule has 0 unspecified atom stereocenters. The summed E-state index contributed by atoms with van der Waals surface area (Å²) in [4.78, 5) is 16.5. The van der Waals surface area contributed by atoms with Crippen molar-refractivity contribution in [2.75, 3.05) is 10.6 Å². The van der Waals surface area contributed by atoms with Crippen LogP contribution >= 0.6 is 15.9 Å². The molecule has 2 heterocycles. The molecule has 0 radical (unpaired) electrons. The van der Waals surface area contributed by atoms with E-state index in [0.717, 1.165) is 15.7 Å². The Morgan fingerprint density at radius 3 is 2.68 bits per heavy atom. The van der Waals surface area contributed by atoms with E-state index in [9.17, 15) is 4.79 Å². The number of hydrogen-bond donors (Lipinski definition) is 2. The molecule has 0 spiro atoms. The summed E-state index contributed by atoms with van der Waals surface area (Å²) in [6.07, 6.45) is 1.74. The lowest BCUT2D eigenvalue weighted by Crippen LogP contribution is -2.15. The molecule has 0 aliphatic carbocycles. The highest BCUT2D eigenvalue weighted by atomic mass is 79.9. The summed E-state index contributed by atoms with van der Waals surface area (Å²) in [5, 5.41) is 13.9. The molecule has 25 heavy (non-hydrogen) atoms. The molecule has 6 nitrogen and oxygen atoms in total. The summed E-state index contributed by atoms with van der Waals surface area (Å²) < 4.78 is 0.822. The Labute approximate surface area is 153 Å². The van der Waals surface area contributed by atoms with Crippen LogP contribution in [0.15, 0.2) is 59.2 Å². The van der Waals surface area contributed by atoms with Crippen molar-refractivity contribution in [3.05, 3.63) is 76.2 Å². The van der Waals surface area contributed by atoms with E-state index in [4.69, 9.17) is 0 Å². The molecule has 0 aliphatic heterocycles. The van der Waals surface area contributed by atoms with Crippen molar-refractivity contribution in [2.24, 2.45) is 0 Å². The van der Waals surface area contributed by atoms with Crippen molar-refractivity contribution >= 4 is 33.3 Å². The maximum atomic E-state index is 12.3. The van der Waals surface area contributed by atoms with Crippen LogP contribution in [0.4, 0.5) is 11.5 Å². The summed E-state index contributed by atoms with van der Waals surface area (Å²) >= 11 is 3.44. The molecule has 2 aromatic heterocycles. The minimum atomic E-state index is -0.312. The number of nitrogens with one attached hydrogen (secondary N) is 2. The molecule has 0 saturated heterocycles. The standard InChI is InChI=1S/C18H16BrN5O/c1-12-5-6-15(14(19)10-12)22-18(25)16-7-8-17(24-23-16)21-11-13-4-2-3-9-20-13/h2-10H,11H2,1H3,(H,21,24)(H,22,25). The van der Waals surface area contributed by atoms with Crippen LogP contribution in [0.3, 0.4) is 0 Å². The number of anilines is 2. The first-order valence-electron chi connectivity index (χ1n) is 7.67. The normalized spacial score (nSPS) is 10.3. The van der Waals surface area contributed by atoms with E-state index in [1.54, 1.807) is 18.3 Å². The van der Waals surface area contributed by atoms with Gasteiger partial charge in [0.2, 0.25) is 0 Å². The smallest absolute Gasteiger partial charge is 0.276 e. The van der Waals surface area contributed by atoms with Crippen molar-refractivity contribution in [1.29, 1.82) is 0 Å². The maximum absolute atomic E-state index is 12.3. The molecular weight excluding hydrogens is 382 g/mol. The zero-order valence-electron chi connectivity index (χ0n) is 13.5. The van der Waals surface area contributed by atoms with Gasteiger partial charge in [-0.3, -0.25) is 9.78 Å². The van der Waals surface area contributed by atoms with Gasteiger partial charge >= 0.3 is 0 Å². The third kappa shape index (κ3) is 4.60. The van der Waals surface area contributed by atoms with Crippen LogP contribution in [0.1, 0.15) is 21.7 Å². The third-order valence-corrected chi connectivity index (χ3v) is 4.10. The van der Waals surface area contributed by atoms with Crippen molar-refractivity contribution < 1.29 is 4.79 Å². The summed E-state index contributed by atoms with van der Waals surface area (Å²) in [7, 11) is 0. The number of aryl methyl sites for hydroxylation is 1. The molecule has 0 saturated carbocycles. The van der Waals surface area contributed by atoms with E-state index in [0.29, 0.717) is 18.1 Å². The Hall–Kier alpha value is -2.80. The first-order chi connectivity index (χ1) is 12.1. The number of amides is 1. The topological polar surface area (TPSA) is 79.8 Å². The van der Waals surface area contributed by atoms with Gasteiger partial charge in [-0.15, -0.1) is 10.2 Å². The number of hydrogen-bond acceptors (Lipinski definition) is 5. The van der Waals surface area contributed by atoms with E-state index in [1.807, 2.05) is 43.3 Å².